The molecule has 96 valence electrons. The highest BCUT2D eigenvalue weighted by Crippen LogP contribution is 2.04. The van der Waals surface area contributed by atoms with Crippen LogP contribution in [0, 0.1) is 5.92 Å². The summed E-state index contributed by atoms with van der Waals surface area (Å²) in [6.07, 6.45) is 3.63. The van der Waals surface area contributed by atoms with Crippen LogP contribution in [0.3, 0.4) is 0 Å². The molecular formula is C12H22N4O. The average molecular weight is 238 g/mol. The lowest BCUT2D eigenvalue weighted by molar-refractivity contribution is -0.134. The predicted octanol–water partition coefficient (Wildman–Crippen LogP) is 0.624. The van der Waals surface area contributed by atoms with Crippen molar-refractivity contribution >= 4 is 5.91 Å². The first-order chi connectivity index (χ1) is 8.06. The van der Waals surface area contributed by atoms with Gasteiger partial charge in [0.1, 0.15) is 5.82 Å². The number of hydrogen-bond donors (Lipinski definition) is 1. The maximum atomic E-state index is 12.0. The number of nitrogens with zero attached hydrogens (tertiary/aromatic N) is 3. The third-order valence-electron chi connectivity index (χ3n) is 2.80. The molecule has 1 N–H and O–H groups in total. The largest absolute Gasteiger partial charge is 0.338 e. The molecule has 0 radical (unpaired) electrons. The van der Waals surface area contributed by atoms with E-state index >= 15 is 0 Å². The average Bonchev–Trinajstić information content (AvgIpc) is 2.70. The summed E-state index contributed by atoms with van der Waals surface area (Å²) in [7, 11) is 3.75. The van der Waals surface area contributed by atoms with Gasteiger partial charge in [-0.15, -0.1) is 0 Å². The zero-order valence-corrected chi connectivity index (χ0v) is 11.1. The Morgan fingerprint density at radius 3 is 2.88 bits per heavy atom. The van der Waals surface area contributed by atoms with Gasteiger partial charge in [0.2, 0.25) is 5.91 Å². The minimum Gasteiger partial charge on any atom is -0.338 e. The van der Waals surface area contributed by atoms with Crippen molar-refractivity contribution < 1.29 is 4.79 Å². The molecule has 0 aliphatic heterocycles. The van der Waals surface area contributed by atoms with Crippen molar-refractivity contribution in [2.45, 2.75) is 20.4 Å². The Balaban J connectivity index is 2.49. The second kappa shape index (κ2) is 6.39. The highest BCUT2D eigenvalue weighted by atomic mass is 16.2. The minimum atomic E-state index is 0.000202. The van der Waals surface area contributed by atoms with Crippen LogP contribution >= 0.6 is 0 Å². The molecule has 0 aliphatic carbocycles. The SMILES string of the molecule is CCNCC(C)C(=O)N(C)Cc1nccn1C. The first kappa shape index (κ1) is 13.7. The van der Waals surface area contributed by atoms with Crippen LogP contribution in [-0.4, -0.2) is 40.5 Å². The standard InChI is InChI=1S/C12H22N4O/c1-5-13-8-10(2)12(17)16(4)9-11-14-6-7-15(11)3/h6-7,10,13H,5,8-9H2,1-4H3. The van der Waals surface area contributed by atoms with E-state index in [1.807, 2.05) is 38.7 Å². The molecule has 1 aromatic heterocycles. The van der Waals surface area contributed by atoms with Crippen LogP contribution in [0.25, 0.3) is 0 Å². The van der Waals surface area contributed by atoms with Crippen molar-refractivity contribution in [2.75, 3.05) is 20.1 Å². The Hall–Kier alpha value is -1.36. The number of hydrogen-bond acceptors (Lipinski definition) is 3. The van der Waals surface area contributed by atoms with Gasteiger partial charge < -0.3 is 14.8 Å². The quantitative estimate of drug-likeness (QED) is 0.790. The molecule has 1 atom stereocenters. The van der Waals surface area contributed by atoms with E-state index in [9.17, 15) is 4.79 Å². The molecule has 0 spiro atoms. The van der Waals surface area contributed by atoms with E-state index in [-0.39, 0.29) is 11.8 Å². The Bertz CT molecular complexity index is 361. The Labute approximate surface area is 103 Å². The van der Waals surface area contributed by atoms with Gasteiger partial charge in [-0.2, -0.15) is 0 Å². The first-order valence-electron chi connectivity index (χ1n) is 5.98. The second-order valence-corrected chi connectivity index (χ2v) is 4.36. The summed E-state index contributed by atoms with van der Waals surface area (Å²) in [6, 6.07) is 0. The van der Waals surface area contributed by atoms with Crippen LogP contribution in [-0.2, 0) is 18.4 Å². The lowest BCUT2D eigenvalue weighted by Gasteiger charge is -2.21. The summed E-state index contributed by atoms with van der Waals surface area (Å²) in [5.41, 5.74) is 0. The van der Waals surface area contributed by atoms with E-state index in [2.05, 4.69) is 10.3 Å². The third-order valence-corrected chi connectivity index (χ3v) is 2.80. The van der Waals surface area contributed by atoms with Gasteiger partial charge in [0, 0.05) is 39.0 Å². The summed E-state index contributed by atoms with van der Waals surface area (Å²) >= 11 is 0. The molecule has 5 heteroatoms. The van der Waals surface area contributed by atoms with Gasteiger partial charge in [-0.05, 0) is 6.54 Å². The van der Waals surface area contributed by atoms with Crippen molar-refractivity contribution in [2.24, 2.45) is 13.0 Å². The van der Waals surface area contributed by atoms with Crippen molar-refractivity contribution in [3.05, 3.63) is 18.2 Å². The second-order valence-electron chi connectivity index (χ2n) is 4.36. The summed E-state index contributed by atoms with van der Waals surface area (Å²) in [5.74, 6) is 1.05. The molecule has 1 unspecified atom stereocenters. The van der Waals surface area contributed by atoms with Gasteiger partial charge in [0.05, 0.1) is 6.54 Å². The number of aryl methyl sites for hydroxylation is 1. The van der Waals surface area contributed by atoms with E-state index in [1.54, 1.807) is 11.1 Å². The fourth-order valence-corrected chi connectivity index (χ4v) is 1.66. The zero-order chi connectivity index (χ0) is 12.8. The fourth-order valence-electron chi connectivity index (χ4n) is 1.66. The highest BCUT2D eigenvalue weighted by Gasteiger charge is 2.18. The Morgan fingerprint density at radius 1 is 1.65 bits per heavy atom. The molecule has 5 nitrogen and oxygen atoms in total. The molecule has 0 fully saturated rings. The maximum Gasteiger partial charge on any atom is 0.226 e. The molecule has 0 aromatic carbocycles. The first-order valence-corrected chi connectivity index (χ1v) is 5.98. The summed E-state index contributed by atoms with van der Waals surface area (Å²) in [5, 5.41) is 3.19. The van der Waals surface area contributed by atoms with E-state index in [1.165, 1.54) is 0 Å². The van der Waals surface area contributed by atoms with E-state index in [0.717, 1.165) is 18.9 Å². The van der Waals surface area contributed by atoms with Crippen molar-refractivity contribution in [1.29, 1.82) is 0 Å². The minimum absolute atomic E-state index is 0.000202. The van der Waals surface area contributed by atoms with Crippen molar-refractivity contribution in [3.63, 3.8) is 0 Å². The molecule has 0 saturated carbocycles. The van der Waals surface area contributed by atoms with Gasteiger partial charge >= 0.3 is 0 Å². The van der Waals surface area contributed by atoms with Crippen LogP contribution in [0.4, 0.5) is 0 Å². The fraction of sp³-hybridized carbons (Fsp3) is 0.667. The molecule has 0 saturated heterocycles. The Morgan fingerprint density at radius 2 is 2.35 bits per heavy atom. The van der Waals surface area contributed by atoms with Crippen LogP contribution in [0.5, 0.6) is 0 Å². The van der Waals surface area contributed by atoms with Gasteiger partial charge in [-0.3, -0.25) is 4.79 Å². The number of nitrogens with one attached hydrogen (secondary N) is 1. The molecule has 1 amide bonds. The topological polar surface area (TPSA) is 50.2 Å². The molecular weight excluding hydrogens is 216 g/mol. The number of rotatable bonds is 6. The number of imidazole rings is 1. The van der Waals surface area contributed by atoms with Gasteiger partial charge in [-0.25, -0.2) is 4.98 Å². The van der Waals surface area contributed by atoms with Crippen LogP contribution in [0.2, 0.25) is 0 Å². The van der Waals surface area contributed by atoms with E-state index < -0.39 is 0 Å². The van der Waals surface area contributed by atoms with Crippen LogP contribution in [0.1, 0.15) is 19.7 Å². The molecule has 1 aromatic rings. The van der Waals surface area contributed by atoms with Crippen LogP contribution in [0.15, 0.2) is 12.4 Å². The normalized spacial score (nSPS) is 12.5. The molecule has 0 bridgehead atoms. The number of amides is 1. The molecule has 0 aliphatic rings. The monoisotopic (exact) mass is 238 g/mol. The lowest BCUT2D eigenvalue weighted by atomic mass is 10.1. The smallest absolute Gasteiger partial charge is 0.226 e. The van der Waals surface area contributed by atoms with Gasteiger partial charge in [0.15, 0.2) is 0 Å². The maximum absolute atomic E-state index is 12.0. The molecule has 1 heterocycles. The number of aromatic nitrogens is 2. The summed E-state index contributed by atoms with van der Waals surface area (Å²) in [6.45, 7) is 6.15. The lowest BCUT2D eigenvalue weighted by Crippen LogP contribution is -2.36. The van der Waals surface area contributed by atoms with Crippen molar-refractivity contribution in [1.82, 2.24) is 19.8 Å². The van der Waals surface area contributed by atoms with E-state index in [4.69, 9.17) is 0 Å². The third kappa shape index (κ3) is 3.85. The highest BCUT2D eigenvalue weighted by molar-refractivity contribution is 5.78. The van der Waals surface area contributed by atoms with Crippen molar-refractivity contribution in [3.8, 4) is 0 Å². The summed E-state index contributed by atoms with van der Waals surface area (Å²) < 4.78 is 1.93. The number of carbonyl (C=O) groups is 1. The van der Waals surface area contributed by atoms with Gasteiger partial charge in [0.25, 0.3) is 0 Å². The van der Waals surface area contributed by atoms with Crippen LogP contribution < -0.4 is 5.32 Å². The number of carbonyl (C=O) groups excluding carboxylic acids is 1. The Kier molecular flexibility index (Phi) is 5.15. The zero-order valence-electron chi connectivity index (χ0n) is 11.1. The summed E-state index contributed by atoms with van der Waals surface area (Å²) in [4.78, 5) is 18.0. The van der Waals surface area contributed by atoms with Gasteiger partial charge in [-0.1, -0.05) is 13.8 Å². The van der Waals surface area contributed by atoms with E-state index in [0.29, 0.717) is 6.54 Å². The molecule has 17 heavy (non-hydrogen) atoms. The molecule has 1 rings (SSSR count). The predicted molar refractivity (Wildman–Crippen MR) is 67.4 cm³/mol.